The van der Waals surface area contributed by atoms with Crippen molar-refractivity contribution in [2.24, 2.45) is 0 Å². The number of fused-ring (bicyclic) bond motifs is 4. The van der Waals surface area contributed by atoms with Crippen LogP contribution in [0.15, 0.2) is 237 Å². The highest BCUT2D eigenvalue weighted by Crippen LogP contribution is 2.42. The van der Waals surface area contributed by atoms with Crippen LogP contribution in [-0.2, 0) is 0 Å². The highest BCUT2D eigenvalue weighted by atomic mass is 32.1. The van der Waals surface area contributed by atoms with Crippen molar-refractivity contribution in [3.05, 3.63) is 237 Å². The van der Waals surface area contributed by atoms with E-state index in [2.05, 4.69) is 241 Å². The van der Waals surface area contributed by atoms with E-state index in [-0.39, 0.29) is 0 Å². The van der Waals surface area contributed by atoms with Crippen LogP contribution in [0.1, 0.15) is 0 Å². The summed E-state index contributed by atoms with van der Waals surface area (Å²) in [6.45, 7) is 0. The second-order valence-corrected chi connectivity index (χ2v) is 16.5. The van der Waals surface area contributed by atoms with E-state index in [1.807, 2.05) is 11.3 Å². The van der Waals surface area contributed by atoms with Gasteiger partial charge in [-0.2, -0.15) is 0 Å². The van der Waals surface area contributed by atoms with E-state index in [0.717, 1.165) is 17.1 Å². The third kappa shape index (κ3) is 6.83. The molecule has 1 aromatic heterocycles. The Morgan fingerprint density at radius 3 is 1.28 bits per heavy atom. The molecule has 0 aliphatic carbocycles. The van der Waals surface area contributed by atoms with Gasteiger partial charge in [-0.3, -0.25) is 0 Å². The molecule has 0 radical (unpaired) electrons. The summed E-state index contributed by atoms with van der Waals surface area (Å²) in [5.74, 6) is 0. The summed E-state index contributed by atoms with van der Waals surface area (Å²) < 4.78 is 2.61. The molecule has 0 aliphatic heterocycles. The van der Waals surface area contributed by atoms with Gasteiger partial charge in [-0.1, -0.05) is 170 Å². The maximum Gasteiger partial charge on any atom is 0.0468 e. The number of rotatable bonds is 8. The number of benzene rings is 10. The number of anilines is 3. The van der Waals surface area contributed by atoms with Crippen molar-refractivity contribution >= 4 is 59.3 Å². The standard InChI is InChI=1S/C58H39NS/c1-2-10-40(11-3-1)47-14-8-15-48(36-47)45-28-32-53(33-29-45)59(54-34-35-58-56(39-54)55-18-6-7-19-57(55)60-58)52-30-26-43(27-31-52)42-20-22-44(23-21-42)49-16-9-17-50(37-49)51-25-24-41-12-4-5-13-46(41)38-51/h1-39H. The molecule has 0 amide bonds. The summed E-state index contributed by atoms with van der Waals surface area (Å²) in [6, 6.07) is 86.1. The van der Waals surface area contributed by atoms with Crippen molar-refractivity contribution in [3.8, 4) is 55.6 Å². The SMILES string of the molecule is c1ccc(-c2cccc(-c3ccc(N(c4ccc(-c5ccc(-c6cccc(-c7ccc8ccccc8c7)c6)cc5)cc4)c4ccc5sc6ccccc6c5c4)cc3)c2)cc1. The van der Waals surface area contributed by atoms with Crippen molar-refractivity contribution < 1.29 is 0 Å². The molecule has 2 heteroatoms. The lowest BCUT2D eigenvalue weighted by Gasteiger charge is -2.26. The summed E-state index contributed by atoms with van der Waals surface area (Å²) >= 11 is 1.85. The molecule has 10 aromatic carbocycles. The maximum atomic E-state index is 2.38. The highest BCUT2D eigenvalue weighted by Gasteiger charge is 2.16. The number of hydrogen-bond acceptors (Lipinski definition) is 2. The first kappa shape index (κ1) is 35.6. The Balaban J connectivity index is 0.911. The average molecular weight is 782 g/mol. The predicted octanol–water partition coefficient (Wildman–Crippen LogP) is 17.0. The zero-order valence-electron chi connectivity index (χ0n) is 32.9. The lowest BCUT2D eigenvalue weighted by Crippen LogP contribution is -2.09. The van der Waals surface area contributed by atoms with Crippen LogP contribution in [0.2, 0.25) is 0 Å². The molecule has 282 valence electrons. The Hall–Kier alpha value is -7.52. The largest absolute Gasteiger partial charge is 0.310 e. The van der Waals surface area contributed by atoms with Crippen molar-refractivity contribution in [1.82, 2.24) is 0 Å². The normalized spacial score (nSPS) is 11.3. The van der Waals surface area contributed by atoms with Crippen molar-refractivity contribution in [2.45, 2.75) is 0 Å². The maximum absolute atomic E-state index is 2.38. The molecular formula is C58H39NS. The summed E-state index contributed by atoms with van der Waals surface area (Å²) in [5, 5.41) is 5.10. The van der Waals surface area contributed by atoms with Gasteiger partial charge in [-0.15, -0.1) is 11.3 Å². The van der Waals surface area contributed by atoms with Crippen LogP contribution < -0.4 is 4.90 Å². The average Bonchev–Trinajstić information content (AvgIpc) is 3.70. The first-order chi connectivity index (χ1) is 29.7. The number of nitrogens with zero attached hydrogens (tertiary/aromatic N) is 1. The quantitative estimate of drug-likeness (QED) is 0.148. The second kappa shape index (κ2) is 15.3. The topological polar surface area (TPSA) is 3.24 Å². The molecule has 1 nitrogen and oxygen atoms in total. The molecule has 60 heavy (non-hydrogen) atoms. The predicted molar refractivity (Wildman–Crippen MR) is 259 cm³/mol. The molecule has 11 rings (SSSR count). The first-order valence-corrected chi connectivity index (χ1v) is 21.3. The van der Waals surface area contributed by atoms with Gasteiger partial charge in [0, 0.05) is 37.2 Å². The van der Waals surface area contributed by atoms with Crippen LogP contribution in [0.4, 0.5) is 17.1 Å². The first-order valence-electron chi connectivity index (χ1n) is 20.5. The third-order valence-electron chi connectivity index (χ3n) is 11.7. The van der Waals surface area contributed by atoms with Gasteiger partial charge in [0.05, 0.1) is 0 Å². The molecule has 0 bridgehead atoms. The van der Waals surface area contributed by atoms with E-state index < -0.39 is 0 Å². The van der Waals surface area contributed by atoms with Crippen LogP contribution in [-0.4, -0.2) is 0 Å². The Kier molecular flexibility index (Phi) is 9.11. The minimum absolute atomic E-state index is 1.11. The van der Waals surface area contributed by atoms with Crippen molar-refractivity contribution in [3.63, 3.8) is 0 Å². The number of hydrogen-bond donors (Lipinski definition) is 0. The smallest absolute Gasteiger partial charge is 0.0468 e. The van der Waals surface area contributed by atoms with E-state index in [1.165, 1.54) is 86.6 Å². The molecule has 0 saturated heterocycles. The van der Waals surface area contributed by atoms with Crippen LogP contribution in [0.5, 0.6) is 0 Å². The van der Waals surface area contributed by atoms with Crippen LogP contribution in [0, 0.1) is 0 Å². The minimum atomic E-state index is 1.11. The molecule has 11 aromatic rings. The van der Waals surface area contributed by atoms with Crippen molar-refractivity contribution in [2.75, 3.05) is 4.90 Å². The van der Waals surface area contributed by atoms with E-state index in [9.17, 15) is 0 Å². The van der Waals surface area contributed by atoms with Gasteiger partial charge in [0.25, 0.3) is 0 Å². The molecule has 0 aliphatic rings. The Morgan fingerprint density at radius 1 is 0.233 bits per heavy atom. The van der Waals surface area contributed by atoms with E-state index in [0.29, 0.717) is 0 Å². The molecule has 0 atom stereocenters. The zero-order chi connectivity index (χ0) is 39.8. The molecule has 1 heterocycles. The third-order valence-corrected chi connectivity index (χ3v) is 12.8. The molecule has 0 fully saturated rings. The summed E-state index contributed by atoms with van der Waals surface area (Å²) in [7, 11) is 0. The fourth-order valence-corrected chi connectivity index (χ4v) is 9.60. The zero-order valence-corrected chi connectivity index (χ0v) is 33.7. The number of thiophene rings is 1. The summed E-state index contributed by atoms with van der Waals surface area (Å²) in [6.07, 6.45) is 0. The van der Waals surface area contributed by atoms with E-state index >= 15 is 0 Å². The lowest BCUT2D eigenvalue weighted by molar-refractivity contribution is 1.29. The van der Waals surface area contributed by atoms with Crippen LogP contribution >= 0.6 is 11.3 Å². The van der Waals surface area contributed by atoms with Gasteiger partial charge in [0.1, 0.15) is 0 Å². The molecule has 0 unspecified atom stereocenters. The van der Waals surface area contributed by atoms with Gasteiger partial charge in [0.15, 0.2) is 0 Å². The van der Waals surface area contributed by atoms with E-state index in [1.54, 1.807) is 0 Å². The lowest BCUT2D eigenvalue weighted by atomic mass is 9.96. The van der Waals surface area contributed by atoms with Crippen LogP contribution in [0.25, 0.3) is 86.6 Å². The molecule has 0 saturated carbocycles. The van der Waals surface area contributed by atoms with E-state index in [4.69, 9.17) is 0 Å². The summed E-state index contributed by atoms with van der Waals surface area (Å²) in [5.41, 5.74) is 15.4. The fraction of sp³-hybridized carbons (Fsp3) is 0. The fourth-order valence-electron chi connectivity index (χ4n) is 8.52. The molecule has 0 N–H and O–H groups in total. The van der Waals surface area contributed by atoms with Gasteiger partial charge in [-0.05, 0) is 133 Å². The van der Waals surface area contributed by atoms with Gasteiger partial charge in [-0.25, -0.2) is 0 Å². The van der Waals surface area contributed by atoms with Gasteiger partial charge < -0.3 is 4.90 Å². The minimum Gasteiger partial charge on any atom is -0.310 e. The Labute approximate surface area is 354 Å². The highest BCUT2D eigenvalue weighted by molar-refractivity contribution is 7.25. The monoisotopic (exact) mass is 781 g/mol. The Bertz CT molecular complexity index is 3290. The van der Waals surface area contributed by atoms with Crippen LogP contribution in [0.3, 0.4) is 0 Å². The van der Waals surface area contributed by atoms with Crippen molar-refractivity contribution in [1.29, 1.82) is 0 Å². The van der Waals surface area contributed by atoms with Gasteiger partial charge >= 0.3 is 0 Å². The molecular weight excluding hydrogens is 743 g/mol. The summed E-state index contributed by atoms with van der Waals surface area (Å²) in [4.78, 5) is 2.38. The molecule has 0 spiro atoms. The van der Waals surface area contributed by atoms with Gasteiger partial charge in [0.2, 0.25) is 0 Å². The second-order valence-electron chi connectivity index (χ2n) is 15.4. The Morgan fingerprint density at radius 2 is 0.650 bits per heavy atom.